The van der Waals surface area contributed by atoms with Crippen LogP contribution in [0.15, 0.2) is 18.3 Å². The Balaban J connectivity index is 2.47. The average Bonchev–Trinajstić information content (AvgIpc) is 2.48. The minimum atomic E-state index is -0.244. The number of carbonyl (C=O) groups is 1. The maximum absolute atomic E-state index is 12.0. The van der Waals surface area contributed by atoms with Crippen LogP contribution in [0.25, 0.3) is 0 Å². The van der Waals surface area contributed by atoms with Crippen LogP contribution in [0.4, 0.5) is 0 Å². The largest absolute Gasteiger partial charge is 0.380 e. The van der Waals surface area contributed by atoms with Crippen molar-refractivity contribution in [3.8, 4) is 11.8 Å². The lowest BCUT2D eigenvalue weighted by molar-refractivity contribution is 0.0908. The number of hydrogen-bond donors (Lipinski definition) is 2. The molecule has 1 aromatic rings. The van der Waals surface area contributed by atoms with Gasteiger partial charge in [-0.2, -0.15) is 0 Å². The number of pyridine rings is 1. The summed E-state index contributed by atoms with van der Waals surface area (Å²) in [5, 5.41) is 2.77. The van der Waals surface area contributed by atoms with Crippen LogP contribution in [0.3, 0.4) is 0 Å². The maximum atomic E-state index is 12.0. The summed E-state index contributed by atoms with van der Waals surface area (Å²) >= 11 is 0. The van der Waals surface area contributed by atoms with Gasteiger partial charge in [0.25, 0.3) is 5.91 Å². The van der Waals surface area contributed by atoms with E-state index in [4.69, 9.17) is 10.5 Å². The standard InChI is InChI=1S/C15H21N3O2/c1-2-3-11-20-12-10-18-15(19)14-13(6-4-8-16)7-5-9-17-14/h5,7,9H,2-3,8,10-12,16H2,1H3,(H,18,19). The Bertz CT molecular complexity index is 477. The smallest absolute Gasteiger partial charge is 0.271 e. The Morgan fingerprint density at radius 3 is 3.10 bits per heavy atom. The Labute approximate surface area is 119 Å². The summed E-state index contributed by atoms with van der Waals surface area (Å²) in [6.45, 7) is 4.05. The topological polar surface area (TPSA) is 77.2 Å². The summed E-state index contributed by atoms with van der Waals surface area (Å²) in [4.78, 5) is 16.1. The van der Waals surface area contributed by atoms with E-state index in [-0.39, 0.29) is 12.5 Å². The highest BCUT2D eigenvalue weighted by Gasteiger charge is 2.10. The minimum Gasteiger partial charge on any atom is -0.380 e. The molecule has 0 saturated heterocycles. The third-order valence-corrected chi connectivity index (χ3v) is 2.52. The first-order valence-corrected chi connectivity index (χ1v) is 6.79. The Morgan fingerprint density at radius 2 is 2.35 bits per heavy atom. The first-order valence-electron chi connectivity index (χ1n) is 6.79. The number of rotatable bonds is 7. The predicted molar refractivity (Wildman–Crippen MR) is 78.2 cm³/mol. The molecule has 3 N–H and O–H groups in total. The van der Waals surface area contributed by atoms with Gasteiger partial charge in [0.05, 0.1) is 18.7 Å². The molecule has 0 aromatic carbocycles. The fraction of sp³-hybridized carbons (Fsp3) is 0.467. The van der Waals surface area contributed by atoms with E-state index in [1.165, 1.54) is 0 Å². The summed E-state index contributed by atoms with van der Waals surface area (Å²) in [6.07, 6.45) is 3.71. The van der Waals surface area contributed by atoms with Crippen molar-refractivity contribution in [1.82, 2.24) is 10.3 Å². The number of nitrogens with one attached hydrogen (secondary N) is 1. The van der Waals surface area contributed by atoms with Crippen LogP contribution in [0.5, 0.6) is 0 Å². The van der Waals surface area contributed by atoms with Crippen LogP contribution in [0.2, 0.25) is 0 Å². The van der Waals surface area contributed by atoms with E-state index in [0.717, 1.165) is 19.4 Å². The third-order valence-electron chi connectivity index (χ3n) is 2.52. The molecule has 0 saturated carbocycles. The molecule has 5 nitrogen and oxygen atoms in total. The second-order valence-corrected chi connectivity index (χ2v) is 4.13. The van der Waals surface area contributed by atoms with Crippen molar-refractivity contribution in [3.63, 3.8) is 0 Å². The van der Waals surface area contributed by atoms with E-state index in [9.17, 15) is 4.79 Å². The van der Waals surface area contributed by atoms with Crippen LogP contribution in [0.1, 0.15) is 35.8 Å². The molecule has 0 unspecified atom stereocenters. The predicted octanol–water partition coefficient (Wildman–Crippen LogP) is 0.938. The number of aromatic nitrogens is 1. The number of ether oxygens (including phenoxy) is 1. The molecular weight excluding hydrogens is 254 g/mol. The summed E-state index contributed by atoms with van der Waals surface area (Å²) < 4.78 is 5.38. The van der Waals surface area contributed by atoms with Crippen LogP contribution in [-0.4, -0.2) is 37.2 Å². The average molecular weight is 275 g/mol. The highest BCUT2D eigenvalue weighted by Crippen LogP contribution is 2.03. The van der Waals surface area contributed by atoms with Gasteiger partial charge >= 0.3 is 0 Å². The van der Waals surface area contributed by atoms with Gasteiger partial charge in [-0.3, -0.25) is 4.79 Å². The lowest BCUT2D eigenvalue weighted by Crippen LogP contribution is -2.28. The van der Waals surface area contributed by atoms with E-state index >= 15 is 0 Å². The molecular formula is C15H21N3O2. The van der Waals surface area contributed by atoms with Crippen molar-refractivity contribution >= 4 is 5.91 Å². The van der Waals surface area contributed by atoms with Crippen LogP contribution >= 0.6 is 0 Å². The molecule has 0 aliphatic heterocycles. The van der Waals surface area contributed by atoms with Gasteiger partial charge in [-0.15, -0.1) is 0 Å². The van der Waals surface area contributed by atoms with Gasteiger partial charge in [0, 0.05) is 19.3 Å². The molecule has 1 aromatic heterocycles. The number of hydrogen-bond acceptors (Lipinski definition) is 4. The van der Waals surface area contributed by atoms with Gasteiger partial charge in [0.15, 0.2) is 0 Å². The molecule has 0 atom stereocenters. The molecule has 0 fully saturated rings. The highest BCUT2D eigenvalue weighted by molar-refractivity contribution is 5.94. The molecule has 0 spiro atoms. The Kier molecular flexibility index (Phi) is 8.04. The van der Waals surface area contributed by atoms with E-state index < -0.39 is 0 Å². The highest BCUT2D eigenvalue weighted by atomic mass is 16.5. The summed E-state index contributed by atoms with van der Waals surface area (Å²) in [7, 11) is 0. The van der Waals surface area contributed by atoms with Crippen molar-refractivity contribution in [2.24, 2.45) is 5.73 Å². The number of carbonyl (C=O) groups excluding carboxylic acids is 1. The molecule has 0 aliphatic carbocycles. The van der Waals surface area contributed by atoms with Crippen molar-refractivity contribution < 1.29 is 9.53 Å². The summed E-state index contributed by atoms with van der Waals surface area (Å²) in [6, 6.07) is 3.49. The van der Waals surface area contributed by atoms with Gasteiger partial charge in [0.1, 0.15) is 5.69 Å². The second kappa shape index (κ2) is 9.96. The third kappa shape index (κ3) is 5.83. The Hall–Kier alpha value is -1.90. The molecule has 0 bridgehead atoms. The maximum Gasteiger partial charge on any atom is 0.271 e. The van der Waals surface area contributed by atoms with Crippen LogP contribution in [-0.2, 0) is 4.74 Å². The van der Waals surface area contributed by atoms with Gasteiger partial charge in [-0.1, -0.05) is 25.2 Å². The monoisotopic (exact) mass is 275 g/mol. The molecule has 20 heavy (non-hydrogen) atoms. The van der Waals surface area contributed by atoms with E-state index in [1.54, 1.807) is 18.3 Å². The quantitative estimate of drug-likeness (QED) is 0.573. The normalized spacial score (nSPS) is 9.70. The van der Waals surface area contributed by atoms with Crippen molar-refractivity contribution in [2.45, 2.75) is 19.8 Å². The minimum absolute atomic E-state index is 0.244. The lowest BCUT2D eigenvalue weighted by atomic mass is 10.2. The summed E-state index contributed by atoms with van der Waals surface area (Å²) in [5.41, 5.74) is 6.24. The fourth-order valence-corrected chi connectivity index (χ4v) is 1.50. The lowest BCUT2D eigenvalue weighted by Gasteiger charge is -2.06. The second-order valence-electron chi connectivity index (χ2n) is 4.13. The molecule has 0 radical (unpaired) electrons. The van der Waals surface area contributed by atoms with Gasteiger partial charge < -0.3 is 15.8 Å². The molecule has 1 heterocycles. The van der Waals surface area contributed by atoms with E-state index in [1.807, 2.05) is 0 Å². The van der Waals surface area contributed by atoms with Crippen molar-refractivity contribution in [3.05, 3.63) is 29.6 Å². The van der Waals surface area contributed by atoms with E-state index in [2.05, 4.69) is 29.1 Å². The van der Waals surface area contributed by atoms with E-state index in [0.29, 0.717) is 24.4 Å². The first kappa shape index (κ1) is 16.2. The number of nitrogens with two attached hydrogens (primary N) is 1. The number of unbranched alkanes of at least 4 members (excludes halogenated alkanes) is 1. The zero-order chi connectivity index (χ0) is 14.6. The number of nitrogens with zero attached hydrogens (tertiary/aromatic N) is 1. The van der Waals surface area contributed by atoms with Crippen molar-refractivity contribution in [2.75, 3.05) is 26.3 Å². The van der Waals surface area contributed by atoms with Crippen LogP contribution < -0.4 is 11.1 Å². The summed E-state index contributed by atoms with van der Waals surface area (Å²) in [5.74, 6) is 5.32. The molecule has 108 valence electrons. The van der Waals surface area contributed by atoms with Gasteiger partial charge in [-0.05, 0) is 18.6 Å². The SMILES string of the molecule is CCCCOCCNC(=O)c1ncccc1C#CCN. The molecule has 5 heteroatoms. The number of amides is 1. The van der Waals surface area contributed by atoms with Crippen molar-refractivity contribution in [1.29, 1.82) is 0 Å². The first-order chi connectivity index (χ1) is 9.79. The van der Waals surface area contributed by atoms with Crippen LogP contribution in [0, 0.1) is 11.8 Å². The fourth-order valence-electron chi connectivity index (χ4n) is 1.50. The zero-order valence-corrected chi connectivity index (χ0v) is 11.8. The molecule has 1 rings (SSSR count). The Morgan fingerprint density at radius 1 is 1.50 bits per heavy atom. The molecule has 1 amide bonds. The van der Waals surface area contributed by atoms with Gasteiger partial charge in [0.2, 0.25) is 0 Å². The molecule has 0 aliphatic rings. The zero-order valence-electron chi connectivity index (χ0n) is 11.8. The van der Waals surface area contributed by atoms with Gasteiger partial charge in [-0.25, -0.2) is 4.98 Å².